The van der Waals surface area contributed by atoms with E-state index in [9.17, 15) is 0 Å². The van der Waals surface area contributed by atoms with Gasteiger partial charge in [0.05, 0.1) is 0 Å². The Balaban J connectivity index is 2.21. The van der Waals surface area contributed by atoms with Crippen molar-refractivity contribution in [2.75, 3.05) is 11.1 Å². The zero-order chi connectivity index (χ0) is 13.1. The van der Waals surface area contributed by atoms with Crippen LogP contribution in [0.1, 0.15) is 25.3 Å². The maximum Gasteiger partial charge on any atom is 0.150 e. The molecular weight excluding hydrogens is 292 g/mol. The second-order valence-corrected chi connectivity index (χ2v) is 5.12. The minimum Gasteiger partial charge on any atom is -0.383 e. The Morgan fingerprint density at radius 3 is 2.44 bits per heavy atom. The number of benzene rings is 1. The molecule has 0 spiro atoms. The van der Waals surface area contributed by atoms with E-state index in [0.717, 1.165) is 5.69 Å². The molecule has 1 aromatic carbocycles. The summed E-state index contributed by atoms with van der Waals surface area (Å²) in [5.41, 5.74) is 7.98. The minimum atomic E-state index is 0.423. The average Bonchev–Trinajstić information content (AvgIpc) is 2.36. The number of anilines is 3. The van der Waals surface area contributed by atoms with Gasteiger partial charge in [-0.2, -0.15) is 0 Å². The van der Waals surface area contributed by atoms with E-state index in [-0.39, 0.29) is 0 Å². The summed E-state index contributed by atoms with van der Waals surface area (Å²) >= 11 is 3.36. The zero-order valence-electron chi connectivity index (χ0n) is 10.3. The van der Waals surface area contributed by atoms with Crippen molar-refractivity contribution in [2.45, 2.75) is 19.8 Å². The number of nitrogens with one attached hydrogen (secondary N) is 1. The summed E-state index contributed by atoms with van der Waals surface area (Å²) in [6.45, 7) is 4.34. The molecule has 0 aliphatic carbocycles. The summed E-state index contributed by atoms with van der Waals surface area (Å²) in [6.07, 6.45) is 1.44. The molecule has 0 aliphatic rings. The first-order valence-corrected chi connectivity index (χ1v) is 6.50. The molecule has 0 amide bonds. The highest BCUT2D eigenvalue weighted by molar-refractivity contribution is 9.10. The Morgan fingerprint density at radius 2 is 1.83 bits per heavy atom. The summed E-state index contributed by atoms with van der Waals surface area (Å²) in [5, 5.41) is 3.20. The van der Waals surface area contributed by atoms with Crippen molar-refractivity contribution in [3.63, 3.8) is 0 Å². The summed E-state index contributed by atoms with van der Waals surface area (Å²) in [4.78, 5) is 8.04. The standard InChI is InChI=1S/C13H15BrN4/c1-8(2)9-3-5-10(6-4-9)18-13-11(14)12(15)16-7-17-13/h3-8H,1-2H3,(H3,15,16,17,18). The molecule has 18 heavy (non-hydrogen) atoms. The van der Waals surface area contributed by atoms with Gasteiger partial charge < -0.3 is 11.1 Å². The van der Waals surface area contributed by atoms with E-state index < -0.39 is 0 Å². The lowest BCUT2D eigenvalue weighted by Crippen LogP contribution is -2.00. The van der Waals surface area contributed by atoms with Crippen LogP contribution in [0.5, 0.6) is 0 Å². The van der Waals surface area contributed by atoms with Gasteiger partial charge in [0.25, 0.3) is 0 Å². The van der Waals surface area contributed by atoms with Gasteiger partial charge >= 0.3 is 0 Å². The first-order chi connectivity index (χ1) is 8.58. The van der Waals surface area contributed by atoms with Crippen LogP contribution in [0.2, 0.25) is 0 Å². The van der Waals surface area contributed by atoms with Crippen LogP contribution in [-0.4, -0.2) is 9.97 Å². The molecular formula is C13H15BrN4. The first-order valence-electron chi connectivity index (χ1n) is 5.71. The largest absolute Gasteiger partial charge is 0.383 e. The van der Waals surface area contributed by atoms with Crippen molar-refractivity contribution in [2.24, 2.45) is 0 Å². The van der Waals surface area contributed by atoms with Crippen LogP contribution in [-0.2, 0) is 0 Å². The highest BCUT2D eigenvalue weighted by atomic mass is 79.9. The molecule has 94 valence electrons. The average molecular weight is 307 g/mol. The number of aromatic nitrogens is 2. The Morgan fingerprint density at radius 1 is 1.17 bits per heavy atom. The summed E-state index contributed by atoms with van der Waals surface area (Å²) in [7, 11) is 0. The second kappa shape index (κ2) is 5.35. The van der Waals surface area contributed by atoms with Gasteiger partial charge in [-0.1, -0.05) is 26.0 Å². The van der Waals surface area contributed by atoms with Gasteiger partial charge in [0.15, 0.2) is 0 Å². The molecule has 0 saturated heterocycles. The molecule has 2 aromatic rings. The molecule has 0 fully saturated rings. The SMILES string of the molecule is CC(C)c1ccc(Nc2ncnc(N)c2Br)cc1. The molecule has 0 aliphatic heterocycles. The third-order valence-electron chi connectivity index (χ3n) is 2.66. The van der Waals surface area contributed by atoms with Gasteiger partial charge in [0, 0.05) is 5.69 Å². The molecule has 0 bridgehead atoms. The first kappa shape index (κ1) is 12.8. The van der Waals surface area contributed by atoms with Crippen molar-refractivity contribution >= 4 is 33.3 Å². The van der Waals surface area contributed by atoms with Crippen LogP contribution in [0, 0.1) is 0 Å². The number of nitrogen functional groups attached to an aromatic ring is 1. The molecule has 0 radical (unpaired) electrons. The van der Waals surface area contributed by atoms with Crippen molar-refractivity contribution in [3.05, 3.63) is 40.6 Å². The van der Waals surface area contributed by atoms with Crippen molar-refractivity contribution in [1.29, 1.82) is 0 Å². The molecule has 0 atom stereocenters. The fourth-order valence-electron chi connectivity index (χ4n) is 1.56. The van der Waals surface area contributed by atoms with Gasteiger partial charge in [0.2, 0.25) is 0 Å². The van der Waals surface area contributed by atoms with E-state index in [0.29, 0.717) is 22.0 Å². The van der Waals surface area contributed by atoms with Crippen LogP contribution in [0.3, 0.4) is 0 Å². The molecule has 1 heterocycles. The van der Waals surface area contributed by atoms with Crippen LogP contribution in [0.4, 0.5) is 17.3 Å². The van der Waals surface area contributed by atoms with Crippen LogP contribution < -0.4 is 11.1 Å². The predicted octanol–water partition coefficient (Wildman–Crippen LogP) is 3.69. The third-order valence-corrected chi connectivity index (χ3v) is 3.44. The van der Waals surface area contributed by atoms with E-state index in [1.807, 2.05) is 12.1 Å². The number of rotatable bonds is 3. The van der Waals surface area contributed by atoms with Crippen LogP contribution >= 0.6 is 15.9 Å². The van der Waals surface area contributed by atoms with Gasteiger partial charge in [-0.05, 0) is 39.5 Å². The van der Waals surface area contributed by atoms with Crippen LogP contribution in [0.15, 0.2) is 35.1 Å². The number of nitrogens with zero attached hydrogens (tertiary/aromatic N) is 2. The molecule has 0 saturated carbocycles. The highest BCUT2D eigenvalue weighted by Gasteiger charge is 2.06. The van der Waals surface area contributed by atoms with E-state index in [4.69, 9.17) is 5.73 Å². The fourth-order valence-corrected chi connectivity index (χ4v) is 1.86. The Labute approximate surface area is 115 Å². The molecule has 5 heteroatoms. The second-order valence-electron chi connectivity index (χ2n) is 4.32. The number of halogens is 1. The Kier molecular flexibility index (Phi) is 3.81. The molecule has 2 rings (SSSR count). The van der Waals surface area contributed by atoms with Gasteiger partial charge in [-0.15, -0.1) is 0 Å². The smallest absolute Gasteiger partial charge is 0.150 e. The van der Waals surface area contributed by atoms with Crippen molar-refractivity contribution in [3.8, 4) is 0 Å². The minimum absolute atomic E-state index is 0.423. The van der Waals surface area contributed by atoms with Crippen molar-refractivity contribution < 1.29 is 0 Å². The maximum absolute atomic E-state index is 5.70. The maximum atomic E-state index is 5.70. The fraction of sp³-hybridized carbons (Fsp3) is 0.231. The van der Waals surface area contributed by atoms with Gasteiger partial charge in [-0.25, -0.2) is 9.97 Å². The molecule has 1 aromatic heterocycles. The monoisotopic (exact) mass is 306 g/mol. The molecule has 3 N–H and O–H groups in total. The highest BCUT2D eigenvalue weighted by Crippen LogP contribution is 2.27. The zero-order valence-corrected chi connectivity index (χ0v) is 11.9. The molecule has 4 nitrogen and oxygen atoms in total. The van der Waals surface area contributed by atoms with E-state index in [1.165, 1.54) is 11.9 Å². The Hall–Kier alpha value is -1.62. The summed E-state index contributed by atoms with van der Waals surface area (Å²) in [6, 6.07) is 8.26. The number of hydrogen-bond acceptors (Lipinski definition) is 4. The van der Waals surface area contributed by atoms with Gasteiger partial charge in [-0.3, -0.25) is 0 Å². The predicted molar refractivity (Wildman–Crippen MR) is 78.0 cm³/mol. The number of hydrogen-bond donors (Lipinski definition) is 2. The summed E-state index contributed by atoms with van der Waals surface area (Å²) < 4.78 is 0.679. The van der Waals surface area contributed by atoms with Crippen LogP contribution in [0.25, 0.3) is 0 Å². The Bertz CT molecular complexity index is 537. The quantitative estimate of drug-likeness (QED) is 0.908. The van der Waals surface area contributed by atoms with Crippen molar-refractivity contribution in [1.82, 2.24) is 9.97 Å². The number of nitrogens with two attached hydrogens (primary N) is 1. The third kappa shape index (κ3) is 2.79. The summed E-state index contributed by atoms with van der Waals surface area (Å²) in [5.74, 6) is 1.62. The lowest BCUT2D eigenvalue weighted by atomic mass is 10.0. The van der Waals surface area contributed by atoms with E-state index in [2.05, 4.69) is 57.2 Å². The normalized spacial score (nSPS) is 10.7. The van der Waals surface area contributed by atoms with E-state index in [1.54, 1.807) is 0 Å². The molecule has 0 unspecified atom stereocenters. The lowest BCUT2D eigenvalue weighted by Gasteiger charge is -2.10. The topological polar surface area (TPSA) is 63.8 Å². The van der Waals surface area contributed by atoms with Gasteiger partial charge in [0.1, 0.15) is 22.4 Å². The van der Waals surface area contributed by atoms with E-state index >= 15 is 0 Å². The lowest BCUT2D eigenvalue weighted by molar-refractivity contribution is 0.867.